The molecule has 0 saturated heterocycles. The summed E-state index contributed by atoms with van der Waals surface area (Å²) in [5.41, 5.74) is 1.97. The quantitative estimate of drug-likeness (QED) is 0.298. The molecule has 0 unspecified atom stereocenters. The number of rotatable bonds is 6. The summed E-state index contributed by atoms with van der Waals surface area (Å²) < 4.78 is 54.0. The van der Waals surface area contributed by atoms with Crippen molar-refractivity contribution in [2.75, 3.05) is 13.2 Å². The van der Waals surface area contributed by atoms with Crippen LogP contribution in [-0.4, -0.2) is 30.1 Å². The molecule has 4 aromatic rings. The number of hydrogen-bond donors (Lipinski definition) is 1. The van der Waals surface area contributed by atoms with Crippen molar-refractivity contribution in [3.63, 3.8) is 0 Å². The molecule has 0 fully saturated rings. The van der Waals surface area contributed by atoms with E-state index in [0.29, 0.717) is 11.8 Å². The highest BCUT2D eigenvalue weighted by Crippen LogP contribution is 2.29. The molecule has 1 heterocycles. The summed E-state index contributed by atoms with van der Waals surface area (Å²) in [5.74, 6) is -2.76. The van der Waals surface area contributed by atoms with Gasteiger partial charge in [-0.1, -0.05) is 0 Å². The average Bonchev–Trinajstić information content (AvgIpc) is 3.19. The van der Waals surface area contributed by atoms with Crippen molar-refractivity contribution >= 4 is 22.8 Å². The highest BCUT2D eigenvalue weighted by atomic mass is 19.1. The van der Waals surface area contributed by atoms with E-state index in [4.69, 9.17) is 9.47 Å². The monoisotopic (exact) mass is 499 g/mol. The number of H-pyrrole nitrogens is 1. The molecule has 1 N–H and O–H groups in total. The first-order valence-electron chi connectivity index (χ1n) is 11.1. The molecule has 0 bridgehead atoms. The van der Waals surface area contributed by atoms with Crippen LogP contribution in [0.2, 0.25) is 0 Å². The molecule has 0 radical (unpaired) electrons. The van der Waals surface area contributed by atoms with Gasteiger partial charge in [0, 0.05) is 28.7 Å². The number of ether oxygens (including phenoxy) is 3. The van der Waals surface area contributed by atoms with Gasteiger partial charge in [0.2, 0.25) is 0 Å². The molecular formula is C27H24F3NO5. The first-order chi connectivity index (χ1) is 17.2. The number of benzene rings is 3. The van der Waals surface area contributed by atoms with Crippen LogP contribution in [0.3, 0.4) is 0 Å². The number of nitrogens with one attached hydrogen (secondary N) is 1. The highest BCUT2D eigenvalue weighted by molar-refractivity contribution is 5.92. The van der Waals surface area contributed by atoms with E-state index in [1.807, 2.05) is 25.1 Å². The maximum absolute atomic E-state index is 13.5. The van der Waals surface area contributed by atoms with Gasteiger partial charge in [-0.25, -0.2) is 22.8 Å². The first kappa shape index (κ1) is 26.3. The van der Waals surface area contributed by atoms with E-state index in [9.17, 15) is 22.8 Å². The summed E-state index contributed by atoms with van der Waals surface area (Å²) in [4.78, 5) is 26.2. The lowest BCUT2D eigenvalue weighted by atomic mass is 10.2. The standard InChI is InChI=1S/C18H16FNO3.C9H8F2O2/c1-3-22-18(21)15-6-4-13(19)10-17(15)23-14-5-7-16-12(9-14)8-11(2)20-16;1-2-13-9(12)7-4-3-6(10)5-8(7)11/h4-10,20H,3H2,1-2H3;3-5H,2H2,1H3. The molecule has 0 atom stereocenters. The number of aromatic amines is 1. The lowest BCUT2D eigenvalue weighted by Crippen LogP contribution is -2.07. The summed E-state index contributed by atoms with van der Waals surface area (Å²) in [6.45, 7) is 5.69. The van der Waals surface area contributed by atoms with Crippen LogP contribution in [0.15, 0.2) is 60.7 Å². The second kappa shape index (κ2) is 11.9. The lowest BCUT2D eigenvalue weighted by molar-refractivity contribution is 0.0512. The van der Waals surface area contributed by atoms with Gasteiger partial charge >= 0.3 is 11.9 Å². The number of fused-ring (bicyclic) bond motifs is 1. The number of esters is 2. The molecule has 0 aliphatic heterocycles. The van der Waals surface area contributed by atoms with Gasteiger partial charge in [-0.15, -0.1) is 0 Å². The molecule has 0 amide bonds. The minimum atomic E-state index is -0.904. The maximum atomic E-state index is 13.5. The van der Waals surface area contributed by atoms with Crippen molar-refractivity contribution in [3.05, 3.63) is 94.9 Å². The van der Waals surface area contributed by atoms with Crippen LogP contribution < -0.4 is 4.74 Å². The zero-order valence-electron chi connectivity index (χ0n) is 19.9. The van der Waals surface area contributed by atoms with Crippen molar-refractivity contribution in [3.8, 4) is 11.5 Å². The first-order valence-corrected chi connectivity index (χ1v) is 11.1. The predicted octanol–water partition coefficient (Wildman–Crippen LogP) is 6.73. The Hall–Kier alpha value is -4.27. The molecule has 0 aliphatic rings. The SMILES string of the molecule is CCOC(=O)c1ccc(F)cc1F.CCOC(=O)c1ccc(F)cc1Oc1ccc2[nH]c(C)cc2c1. The summed E-state index contributed by atoms with van der Waals surface area (Å²) in [7, 11) is 0. The van der Waals surface area contributed by atoms with Gasteiger partial charge in [-0.05, 0) is 69.3 Å². The Bertz CT molecular complexity index is 1380. The fraction of sp³-hybridized carbons (Fsp3) is 0.185. The molecule has 36 heavy (non-hydrogen) atoms. The summed E-state index contributed by atoms with van der Waals surface area (Å²) in [6, 6.07) is 13.9. The second-order valence-corrected chi connectivity index (χ2v) is 7.51. The molecule has 0 aliphatic carbocycles. The lowest BCUT2D eigenvalue weighted by Gasteiger charge is -2.11. The van der Waals surface area contributed by atoms with Gasteiger partial charge in [-0.3, -0.25) is 0 Å². The zero-order chi connectivity index (χ0) is 26.2. The van der Waals surface area contributed by atoms with Crippen molar-refractivity contribution < 1.29 is 37.0 Å². The van der Waals surface area contributed by atoms with Crippen LogP contribution in [0.4, 0.5) is 13.2 Å². The van der Waals surface area contributed by atoms with Crippen LogP contribution in [-0.2, 0) is 9.47 Å². The van der Waals surface area contributed by atoms with Gasteiger partial charge in [0.15, 0.2) is 0 Å². The van der Waals surface area contributed by atoms with E-state index < -0.39 is 29.4 Å². The Kier molecular flexibility index (Phi) is 8.72. The number of hydrogen-bond acceptors (Lipinski definition) is 5. The summed E-state index contributed by atoms with van der Waals surface area (Å²) in [5, 5.41) is 0.981. The topological polar surface area (TPSA) is 77.6 Å². The summed E-state index contributed by atoms with van der Waals surface area (Å²) >= 11 is 0. The van der Waals surface area contributed by atoms with Crippen LogP contribution in [0.5, 0.6) is 11.5 Å². The Balaban J connectivity index is 0.000000236. The molecule has 0 spiro atoms. The minimum absolute atomic E-state index is 0.134. The van der Waals surface area contributed by atoms with Crippen LogP contribution >= 0.6 is 0 Å². The Morgan fingerprint density at radius 3 is 2.03 bits per heavy atom. The van der Waals surface area contributed by atoms with Crippen molar-refractivity contribution in [2.45, 2.75) is 20.8 Å². The molecular weight excluding hydrogens is 475 g/mol. The number of carbonyl (C=O) groups excluding carboxylic acids is 2. The minimum Gasteiger partial charge on any atom is -0.462 e. The maximum Gasteiger partial charge on any atom is 0.341 e. The van der Waals surface area contributed by atoms with Crippen LogP contribution in [0.25, 0.3) is 10.9 Å². The third-order valence-corrected chi connectivity index (χ3v) is 4.82. The van der Waals surface area contributed by atoms with Gasteiger partial charge in [0.1, 0.15) is 34.5 Å². The molecule has 4 rings (SSSR count). The van der Waals surface area contributed by atoms with E-state index in [0.717, 1.165) is 28.7 Å². The van der Waals surface area contributed by atoms with E-state index in [-0.39, 0.29) is 30.1 Å². The number of halogens is 3. The van der Waals surface area contributed by atoms with E-state index in [2.05, 4.69) is 9.72 Å². The van der Waals surface area contributed by atoms with E-state index in [1.54, 1.807) is 19.9 Å². The normalized spacial score (nSPS) is 10.4. The predicted molar refractivity (Wildman–Crippen MR) is 128 cm³/mol. The van der Waals surface area contributed by atoms with Crippen LogP contribution in [0.1, 0.15) is 40.3 Å². The van der Waals surface area contributed by atoms with Crippen molar-refractivity contribution in [1.29, 1.82) is 0 Å². The van der Waals surface area contributed by atoms with E-state index in [1.165, 1.54) is 18.2 Å². The third kappa shape index (κ3) is 6.65. The summed E-state index contributed by atoms with van der Waals surface area (Å²) in [6.07, 6.45) is 0. The molecule has 0 saturated carbocycles. The van der Waals surface area contributed by atoms with Crippen LogP contribution in [0, 0.1) is 24.4 Å². The Morgan fingerprint density at radius 1 is 0.778 bits per heavy atom. The number of aryl methyl sites for hydroxylation is 1. The number of aromatic nitrogens is 1. The molecule has 6 nitrogen and oxygen atoms in total. The average molecular weight is 499 g/mol. The third-order valence-electron chi connectivity index (χ3n) is 4.82. The fourth-order valence-electron chi connectivity index (χ4n) is 3.27. The van der Waals surface area contributed by atoms with Gasteiger partial charge in [-0.2, -0.15) is 0 Å². The highest BCUT2D eigenvalue weighted by Gasteiger charge is 2.16. The van der Waals surface area contributed by atoms with E-state index >= 15 is 0 Å². The zero-order valence-corrected chi connectivity index (χ0v) is 19.9. The Labute approximate surface area is 205 Å². The molecule has 1 aromatic heterocycles. The van der Waals surface area contributed by atoms with Crippen molar-refractivity contribution in [1.82, 2.24) is 4.98 Å². The van der Waals surface area contributed by atoms with Gasteiger partial charge < -0.3 is 19.2 Å². The molecule has 9 heteroatoms. The Morgan fingerprint density at radius 2 is 1.39 bits per heavy atom. The van der Waals surface area contributed by atoms with Crippen molar-refractivity contribution in [2.24, 2.45) is 0 Å². The number of carbonyl (C=O) groups is 2. The molecule has 188 valence electrons. The van der Waals surface area contributed by atoms with Gasteiger partial charge in [0.05, 0.1) is 18.8 Å². The smallest absolute Gasteiger partial charge is 0.341 e. The van der Waals surface area contributed by atoms with Gasteiger partial charge in [0.25, 0.3) is 0 Å². The fourth-order valence-corrected chi connectivity index (χ4v) is 3.27. The largest absolute Gasteiger partial charge is 0.462 e. The molecule has 3 aromatic carbocycles. The second-order valence-electron chi connectivity index (χ2n) is 7.51.